The molecule has 3 rings (SSSR count). The standard InChI is InChI=1S/C24H29NO5S/c1-6-30-17-10-9-15(14-16(17)24(2,3)4)21(26)19-20(18-8-7-13-31-18)25(11-12-29-5)23(28)22(19)27/h7-10,13-14,20,26H,6,11-12H2,1-5H3/b21-19-. The Hall–Kier alpha value is -2.64. The number of rotatable bonds is 7. The molecule has 31 heavy (non-hydrogen) atoms. The van der Waals surface area contributed by atoms with Crippen molar-refractivity contribution in [1.29, 1.82) is 0 Å². The number of aliphatic hydroxyl groups is 1. The molecule has 1 atom stereocenters. The zero-order chi connectivity index (χ0) is 22.8. The molecule has 1 amide bonds. The number of aliphatic hydroxyl groups excluding tert-OH is 1. The van der Waals surface area contributed by atoms with Crippen LogP contribution in [0.4, 0.5) is 0 Å². The first kappa shape index (κ1) is 23.0. The van der Waals surface area contributed by atoms with Gasteiger partial charge in [0, 0.05) is 29.7 Å². The van der Waals surface area contributed by atoms with Gasteiger partial charge in [-0.15, -0.1) is 11.3 Å². The summed E-state index contributed by atoms with van der Waals surface area (Å²) in [6.07, 6.45) is 0. The van der Waals surface area contributed by atoms with E-state index in [0.717, 1.165) is 16.2 Å². The molecule has 1 unspecified atom stereocenters. The van der Waals surface area contributed by atoms with Crippen LogP contribution in [0.15, 0.2) is 41.3 Å². The van der Waals surface area contributed by atoms with E-state index in [9.17, 15) is 14.7 Å². The molecule has 0 bridgehead atoms. The molecule has 1 saturated heterocycles. The second-order valence-corrected chi connectivity index (χ2v) is 9.37. The Bertz CT molecular complexity index is 988. The molecule has 1 N–H and O–H groups in total. The van der Waals surface area contributed by atoms with Crippen LogP contribution in [0.3, 0.4) is 0 Å². The van der Waals surface area contributed by atoms with Gasteiger partial charge in [0.25, 0.3) is 11.7 Å². The number of Topliss-reactive ketones (excluding diaryl/α,β-unsaturated/α-hetero) is 1. The van der Waals surface area contributed by atoms with E-state index in [0.29, 0.717) is 18.8 Å². The van der Waals surface area contributed by atoms with Crippen LogP contribution in [0.5, 0.6) is 5.75 Å². The van der Waals surface area contributed by atoms with Crippen molar-refractivity contribution in [2.45, 2.75) is 39.2 Å². The summed E-state index contributed by atoms with van der Waals surface area (Å²) >= 11 is 1.44. The monoisotopic (exact) mass is 443 g/mol. The van der Waals surface area contributed by atoms with Gasteiger partial charge in [0.05, 0.1) is 24.8 Å². The van der Waals surface area contributed by atoms with Crippen LogP contribution in [0.1, 0.15) is 49.7 Å². The first-order chi connectivity index (χ1) is 14.7. The highest BCUT2D eigenvalue weighted by Gasteiger charge is 2.46. The smallest absolute Gasteiger partial charge is 0.295 e. The summed E-state index contributed by atoms with van der Waals surface area (Å²) in [5, 5.41) is 13.1. The van der Waals surface area contributed by atoms with Gasteiger partial charge < -0.3 is 19.5 Å². The Morgan fingerprint density at radius 1 is 1.23 bits per heavy atom. The molecule has 166 valence electrons. The van der Waals surface area contributed by atoms with Crippen molar-refractivity contribution in [3.8, 4) is 5.75 Å². The van der Waals surface area contributed by atoms with Gasteiger partial charge in [0.2, 0.25) is 0 Å². The van der Waals surface area contributed by atoms with E-state index in [4.69, 9.17) is 9.47 Å². The van der Waals surface area contributed by atoms with Crippen LogP contribution in [-0.4, -0.2) is 48.6 Å². The minimum atomic E-state index is -0.682. The van der Waals surface area contributed by atoms with Gasteiger partial charge in [-0.2, -0.15) is 0 Å². The SMILES string of the molecule is CCOc1ccc(/C(O)=C2/C(=O)C(=O)N(CCOC)C2c2cccs2)cc1C(C)(C)C. The summed E-state index contributed by atoms with van der Waals surface area (Å²) < 4.78 is 10.9. The van der Waals surface area contributed by atoms with Crippen molar-refractivity contribution >= 4 is 28.8 Å². The van der Waals surface area contributed by atoms with Crippen LogP contribution < -0.4 is 4.74 Å². The molecule has 1 fully saturated rings. The average Bonchev–Trinajstić information content (AvgIpc) is 3.33. The zero-order valence-electron chi connectivity index (χ0n) is 18.6. The lowest BCUT2D eigenvalue weighted by Gasteiger charge is -2.25. The number of hydrogen-bond acceptors (Lipinski definition) is 6. The van der Waals surface area contributed by atoms with Gasteiger partial charge in [0.1, 0.15) is 11.5 Å². The molecule has 1 aliphatic heterocycles. The summed E-state index contributed by atoms with van der Waals surface area (Å²) in [4.78, 5) is 28.1. The first-order valence-electron chi connectivity index (χ1n) is 10.3. The summed E-state index contributed by atoms with van der Waals surface area (Å²) in [7, 11) is 1.55. The molecule has 1 aromatic heterocycles. The van der Waals surface area contributed by atoms with Crippen molar-refractivity contribution in [2.75, 3.05) is 26.9 Å². The Morgan fingerprint density at radius 3 is 2.55 bits per heavy atom. The van der Waals surface area contributed by atoms with Gasteiger partial charge in [0.15, 0.2) is 0 Å². The average molecular weight is 444 g/mol. The van der Waals surface area contributed by atoms with E-state index in [1.165, 1.54) is 16.2 Å². The molecule has 1 aliphatic rings. The van der Waals surface area contributed by atoms with Gasteiger partial charge >= 0.3 is 0 Å². The summed E-state index contributed by atoms with van der Waals surface area (Å²) in [5.41, 5.74) is 1.27. The van der Waals surface area contributed by atoms with Crippen LogP contribution in [0, 0.1) is 0 Å². The highest BCUT2D eigenvalue weighted by Crippen LogP contribution is 2.42. The molecule has 0 aliphatic carbocycles. The maximum absolute atomic E-state index is 13.0. The Balaban J connectivity index is 2.16. The van der Waals surface area contributed by atoms with Crippen LogP contribution in [0.2, 0.25) is 0 Å². The van der Waals surface area contributed by atoms with Crippen LogP contribution in [0.25, 0.3) is 5.76 Å². The lowest BCUT2D eigenvalue weighted by Crippen LogP contribution is -2.32. The maximum atomic E-state index is 13.0. The van der Waals surface area contributed by atoms with E-state index in [-0.39, 0.29) is 23.3 Å². The number of carbonyl (C=O) groups excluding carboxylic acids is 2. The topological polar surface area (TPSA) is 76.1 Å². The third-order valence-electron chi connectivity index (χ3n) is 5.25. The van der Waals surface area contributed by atoms with Gasteiger partial charge in [-0.25, -0.2) is 0 Å². The van der Waals surface area contributed by atoms with Gasteiger partial charge in [-0.3, -0.25) is 9.59 Å². The fraction of sp³-hybridized carbons (Fsp3) is 0.417. The lowest BCUT2D eigenvalue weighted by atomic mass is 9.84. The first-order valence-corrected chi connectivity index (χ1v) is 11.2. The molecule has 1 aromatic carbocycles. The number of benzene rings is 1. The Kier molecular flexibility index (Phi) is 6.86. The second kappa shape index (κ2) is 9.24. The highest BCUT2D eigenvalue weighted by atomic mass is 32.1. The molecule has 6 nitrogen and oxygen atoms in total. The van der Waals surface area contributed by atoms with Crippen molar-refractivity contribution in [3.63, 3.8) is 0 Å². The number of amides is 1. The number of ether oxygens (including phenoxy) is 2. The molecule has 2 heterocycles. The van der Waals surface area contributed by atoms with Crippen LogP contribution >= 0.6 is 11.3 Å². The second-order valence-electron chi connectivity index (χ2n) is 8.39. The largest absolute Gasteiger partial charge is 0.507 e. The van der Waals surface area contributed by atoms with Crippen molar-refractivity contribution < 1.29 is 24.2 Å². The number of ketones is 1. The Labute approximate surface area is 187 Å². The molecule has 0 saturated carbocycles. The molecule has 2 aromatic rings. The summed E-state index contributed by atoms with van der Waals surface area (Å²) in [6, 6.07) is 8.47. The predicted octanol–water partition coefficient (Wildman–Crippen LogP) is 4.51. The summed E-state index contributed by atoms with van der Waals surface area (Å²) in [5.74, 6) is -0.746. The molecule has 0 radical (unpaired) electrons. The predicted molar refractivity (Wildman–Crippen MR) is 122 cm³/mol. The summed E-state index contributed by atoms with van der Waals surface area (Å²) in [6.45, 7) is 9.18. The van der Waals surface area contributed by atoms with Crippen molar-refractivity contribution in [2.24, 2.45) is 0 Å². The number of carbonyl (C=O) groups is 2. The van der Waals surface area contributed by atoms with Crippen molar-refractivity contribution in [1.82, 2.24) is 4.90 Å². The molecule has 0 spiro atoms. The van der Waals surface area contributed by atoms with Crippen LogP contribution in [-0.2, 0) is 19.7 Å². The minimum Gasteiger partial charge on any atom is -0.507 e. The van der Waals surface area contributed by atoms with E-state index in [1.54, 1.807) is 19.2 Å². The molecular formula is C24H29NO5S. The van der Waals surface area contributed by atoms with Gasteiger partial charge in [-0.1, -0.05) is 26.8 Å². The zero-order valence-corrected chi connectivity index (χ0v) is 19.4. The maximum Gasteiger partial charge on any atom is 0.295 e. The number of thiophene rings is 1. The number of methoxy groups -OCH3 is 1. The third kappa shape index (κ3) is 4.52. The third-order valence-corrected chi connectivity index (χ3v) is 6.17. The molecule has 7 heteroatoms. The normalized spacial score (nSPS) is 18.6. The van der Waals surface area contributed by atoms with Crippen molar-refractivity contribution in [3.05, 3.63) is 57.3 Å². The van der Waals surface area contributed by atoms with E-state index < -0.39 is 17.7 Å². The molecular weight excluding hydrogens is 414 g/mol. The number of nitrogens with zero attached hydrogens (tertiary/aromatic N) is 1. The number of hydrogen-bond donors (Lipinski definition) is 1. The fourth-order valence-corrected chi connectivity index (χ4v) is 4.59. The number of likely N-dealkylation sites (tertiary alicyclic amines) is 1. The van der Waals surface area contributed by atoms with Gasteiger partial charge in [-0.05, 0) is 42.0 Å². The van der Waals surface area contributed by atoms with E-state index >= 15 is 0 Å². The minimum absolute atomic E-state index is 0.104. The fourth-order valence-electron chi connectivity index (χ4n) is 3.74. The quantitative estimate of drug-likeness (QED) is 0.387. The van der Waals surface area contributed by atoms with E-state index in [2.05, 4.69) is 20.8 Å². The highest BCUT2D eigenvalue weighted by molar-refractivity contribution is 7.10. The lowest BCUT2D eigenvalue weighted by molar-refractivity contribution is -0.140. The van der Waals surface area contributed by atoms with E-state index in [1.807, 2.05) is 30.5 Å². The Morgan fingerprint density at radius 2 is 1.97 bits per heavy atom.